The van der Waals surface area contributed by atoms with E-state index in [1.54, 1.807) is 24.4 Å². The molecular weight excluding hydrogens is 352 g/mol. The zero-order chi connectivity index (χ0) is 19.6. The Kier molecular flexibility index (Phi) is 7.01. The Labute approximate surface area is 165 Å². The highest BCUT2D eigenvalue weighted by Crippen LogP contribution is 2.22. The first-order chi connectivity index (χ1) is 13.8. The Bertz CT molecular complexity index is 852. The molecule has 0 saturated carbocycles. The summed E-state index contributed by atoms with van der Waals surface area (Å²) < 4.78 is 10.9. The molecule has 5 nitrogen and oxygen atoms in total. The van der Waals surface area contributed by atoms with Crippen molar-refractivity contribution >= 4 is 11.6 Å². The molecule has 0 saturated heterocycles. The molecule has 1 amide bonds. The molecule has 0 bridgehead atoms. The molecule has 0 N–H and O–H groups in total. The van der Waals surface area contributed by atoms with E-state index in [0.717, 1.165) is 22.7 Å². The van der Waals surface area contributed by atoms with Crippen LogP contribution in [0.1, 0.15) is 18.4 Å². The second-order valence-electron chi connectivity index (χ2n) is 6.30. The lowest BCUT2D eigenvalue weighted by atomic mass is 10.2. The number of carbonyl (C=O) groups is 1. The highest BCUT2D eigenvalue weighted by molar-refractivity contribution is 5.93. The van der Waals surface area contributed by atoms with E-state index < -0.39 is 0 Å². The minimum absolute atomic E-state index is 0.0469. The van der Waals surface area contributed by atoms with Crippen LogP contribution in [0.15, 0.2) is 79.1 Å². The van der Waals surface area contributed by atoms with Crippen LogP contribution in [0, 0.1) is 0 Å². The number of rotatable bonds is 9. The average Bonchev–Trinajstić information content (AvgIpc) is 2.76. The first kappa shape index (κ1) is 19.4. The van der Waals surface area contributed by atoms with Crippen molar-refractivity contribution in [1.82, 2.24) is 4.98 Å². The summed E-state index contributed by atoms with van der Waals surface area (Å²) in [6, 6.07) is 21.0. The molecule has 0 unspecified atom stereocenters. The highest BCUT2D eigenvalue weighted by atomic mass is 16.5. The molecule has 0 aliphatic rings. The first-order valence-electron chi connectivity index (χ1n) is 9.27. The Morgan fingerprint density at radius 3 is 2.43 bits per heavy atom. The van der Waals surface area contributed by atoms with Crippen LogP contribution in [0.3, 0.4) is 0 Å². The third-order valence-electron chi connectivity index (χ3n) is 4.30. The average molecular weight is 376 g/mol. The number of hydrogen-bond donors (Lipinski definition) is 0. The van der Waals surface area contributed by atoms with Crippen LogP contribution in [-0.4, -0.2) is 24.6 Å². The van der Waals surface area contributed by atoms with Gasteiger partial charge in [0.2, 0.25) is 5.91 Å². The monoisotopic (exact) mass is 376 g/mol. The summed E-state index contributed by atoms with van der Waals surface area (Å²) in [5.41, 5.74) is 1.81. The molecule has 5 heteroatoms. The summed E-state index contributed by atoms with van der Waals surface area (Å²) in [6.45, 7) is 0.970. The van der Waals surface area contributed by atoms with E-state index in [0.29, 0.717) is 26.0 Å². The third kappa shape index (κ3) is 5.58. The molecule has 1 aromatic heterocycles. The standard InChI is InChI=1S/C23H24N2O3/c1-27-21-13-11-20(12-14-21)25(18-19-7-5-15-24-17-19)23(26)10-6-16-28-22-8-3-2-4-9-22/h2-5,7-9,11-15,17H,6,10,16,18H2,1H3. The minimum atomic E-state index is 0.0469. The van der Waals surface area contributed by atoms with Crippen molar-refractivity contribution < 1.29 is 14.3 Å². The number of ether oxygens (including phenoxy) is 2. The maximum Gasteiger partial charge on any atom is 0.227 e. The number of carbonyl (C=O) groups excluding carboxylic acids is 1. The molecule has 0 atom stereocenters. The first-order valence-corrected chi connectivity index (χ1v) is 9.27. The molecule has 1 heterocycles. The van der Waals surface area contributed by atoms with Gasteiger partial charge >= 0.3 is 0 Å². The number of pyridine rings is 1. The summed E-state index contributed by atoms with van der Waals surface area (Å²) in [7, 11) is 1.63. The fourth-order valence-electron chi connectivity index (χ4n) is 2.82. The third-order valence-corrected chi connectivity index (χ3v) is 4.30. The molecule has 0 spiro atoms. The molecule has 0 radical (unpaired) electrons. The number of aromatic nitrogens is 1. The van der Waals surface area contributed by atoms with Gasteiger partial charge in [0.25, 0.3) is 0 Å². The summed E-state index contributed by atoms with van der Waals surface area (Å²) in [5.74, 6) is 1.62. The van der Waals surface area contributed by atoms with Gasteiger partial charge in [-0.15, -0.1) is 0 Å². The number of anilines is 1. The van der Waals surface area contributed by atoms with E-state index in [1.807, 2.05) is 66.7 Å². The second kappa shape index (κ2) is 10.1. The van der Waals surface area contributed by atoms with Crippen LogP contribution in [0.5, 0.6) is 11.5 Å². The van der Waals surface area contributed by atoms with Gasteiger partial charge in [-0.3, -0.25) is 9.78 Å². The van der Waals surface area contributed by atoms with E-state index in [-0.39, 0.29) is 5.91 Å². The van der Waals surface area contributed by atoms with E-state index in [2.05, 4.69) is 4.98 Å². The number of benzene rings is 2. The molecule has 144 valence electrons. The molecule has 0 aliphatic heterocycles. The van der Waals surface area contributed by atoms with Gasteiger partial charge in [-0.2, -0.15) is 0 Å². The van der Waals surface area contributed by atoms with Crippen molar-refractivity contribution in [2.75, 3.05) is 18.6 Å². The van der Waals surface area contributed by atoms with E-state index in [4.69, 9.17) is 9.47 Å². The van der Waals surface area contributed by atoms with Crippen molar-refractivity contribution in [1.29, 1.82) is 0 Å². The van der Waals surface area contributed by atoms with Crippen molar-refractivity contribution in [2.45, 2.75) is 19.4 Å². The second-order valence-corrected chi connectivity index (χ2v) is 6.30. The van der Waals surface area contributed by atoms with Gasteiger partial charge in [-0.05, 0) is 54.4 Å². The highest BCUT2D eigenvalue weighted by Gasteiger charge is 2.16. The maximum atomic E-state index is 12.9. The molecule has 2 aromatic carbocycles. The Hall–Kier alpha value is -3.34. The lowest BCUT2D eigenvalue weighted by molar-refractivity contribution is -0.119. The minimum Gasteiger partial charge on any atom is -0.497 e. The zero-order valence-corrected chi connectivity index (χ0v) is 16.0. The molecule has 28 heavy (non-hydrogen) atoms. The van der Waals surface area contributed by atoms with Crippen LogP contribution in [0.4, 0.5) is 5.69 Å². The van der Waals surface area contributed by atoms with Gasteiger partial charge in [-0.1, -0.05) is 24.3 Å². The Balaban J connectivity index is 1.63. The zero-order valence-electron chi connectivity index (χ0n) is 16.0. The van der Waals surface area contributed by atoms with Crippen LogP contribution in [0.25, 0.3) is 0 Å². The number of amides is 1. The Morgan fingerprint density at radius 2 is 1.75 bits per heavy atom. The van der Waals surface area contributed by atoms with Gasteiger partial charge in [0, 0.05) is 24.5 Å². The van der Waals surface area contributed by atoms with Crippen molar-refractivity contribution in [3.05, 3.63) is 84.7 Å². The fourth-order valence-corrected chi connectivity index (χ4v) is 2.82. The predicted octanol–water partition coefficient (Wildman–Crippen LogP) is 4.48. The smallest absolute Gasteiger partial charge is 0.227 e. The van der Waals surface area contributed by atoms with E-state index in [9.17, 15) is 4.79 Å². The predicted molar refractivity (Wildman–Crippen MR) is 110 cm³/mol. The molecule has 0 aliphatic carbocycles. The van der Waals surface area contributed by atoms with Crippen molar-refractivity contribution in [2.24, 2.45) is 0 Å². The number of para-hydroxylation sites is 1. The normalized spacial score (nSPS) is 10.3. The maximum absolute atomic E-state index is 12.9. The topological polar surface area (TPSA) is 51.7 Å². The lowest BCUT2D eigenvalue weighted by Crippen LogP contribution is -2.30. The van der Waals surface area contributed by atoms with Crippen LogP contribution < -0.4 is 14.4 Å². The lowest BCUT2D eigenvalue weighted by Gasteiger charge is -2.23. The molecule has 3 rings (SSSR count). The summed E-state index contributed by atoms with van der Waals surface area (Å²) >= 11 is 0. The van der Waals surface area contributed by atoms with Crippen molar-refractivity contribution in [3.63, 3.8) is 0 Å². The van der Waals surface area contributed by atoms with Crippen LogP contribution in [0.2, 0.25) is 0 Å². The van der Waals surface area contributed by atoms with Crippen molar-refractivity contribution in [3.8, 4) is 11.5 Å². The molecule has 0 fully saturated rings. The SMILES string of the molecule is COc1ccc(N(Cc2cccnc2)C(=O)CCCOc2ccccc2)cc1. The number of methoxy groups -OCH3 is 1. The molecular formula is C23H24N2O3. The number of hydrogen-bond acceptors (Lipinski definition) is 4. The summed E-state index contributed by atoms with van der Waals surface area (Å²) in [5, 5.41) is 0. The van der Waals surface area contributed by atoms with Gasteiger partial charge in [-0.25, -0.2) is 0 Å². The van der Waals surface area contributed by atoms with Gasteiger partial charge in [0.05, 0.1) is 20.3 Å². The number of nitrogens with zero attached hydrogens (tertiary/aromatic N) is 2. The largest absolute Gasteiger partial charge is 0.497 e. The van der Waals surface area contributed by atoms with Gasteiger partial charge in [0.1, 0.15) is 11.5 Å². The summed E-state index contributed by atoms with van der Waals surface area (Å²) in [4.78, 5) is 18.9. The van der Waals surface area contributed by atoms with Crippen LogP contribution in [-0.2, 0) is 11.3 Å². The quantitative estimate of drug-likeness (QED) is 0.517. The molecule has 3 aromatic rings. The fraction of sp³-hybridized carbons (Fsp3) is 0.217. The van der Waals surface area contributed by atoms with Gasteiger partial charge < -0.3 is 14.4 Å². The van der Waals surface area contributed by atoms with E-state index in [1.165, 1.54) is 0 Å². The summed E-state index contributed by atoms with van der Waals surface area (Å²) in [6.07, 6.45) is 4.55. The Morgan fingerprint density at radius 1 is 0.964 bits per heavy atom. The van der Waals surface area contributed by atoms with Gasteiger partial charge in [0.15, 0.2) is 0 Å². The van der Waals surface area contributed by atoms with E-state index >= 15 is 0 Å². The van der Waals surface area contributed by atoms with Crippen LogP contribution >= 0.6 is 0 Å².